The Bertz CT molecular complexity index is 622. The first-order chi connectivity index (χ1) is 11.4. The molecule has 1 fully saturated rings. The maximum atomic E-state index is 5.83. The molecule has 0 atom stereocenters. The molecule has 1 aliphatic heterocycles. The molecule has 3 nitrogen and oxygen atoms in total. The van der Waals surface area contributed by atoms with E-state index in [1.165, 1.54) is 22.3 Å². The normalized spacial score (nSPS) is 18.2. The van der Waals surface area contributed by atoms with Crippen LogP contribution in [0.5, 0.6) is 0 Å². The summed E-state index contributed by atoms with van der Waals surface area (Å²) in [5, 5.41) is 3.28. The highest BCUT2D eigenvalue weighted by atomic mass is 16.6. The Kier molecular flexibility index (Phi) is 4.47. The van der Waals surface area contributed by atoms with Crippen LogP contribution in [0.1, 0.15) is 23.5 Å². The lowest BCUT2D eigenvalue weighted by atomic mass is 9.77. The number of rotatable bonds is 3. The first-order valence-corrected chi connectivity index (χ1v) is 8.55. The maximum Gasteiger partial charge on any atom is 0.456 e. The van der Waals surface area contributed by atoms with Gasteiger partial charge < -0.3 is 14.6 Å². The van der Waals surface area contributed by atoms with Crippen molar-refractivity contribution >= 4 is 7.12 Å². The summed E-state index contributed by atoms with van der Waals surface area (Å²) in [7, 11) is -0.0722. The van der Waals surface area contributed by atoms with Crippen molar-refractivity contribution in [2.24, 2.45) is 0 Å². The Morgan fingerprint density at radius 1 is 0.870 bits per heavy atom. The van der Waals surface area contributed by atoms with E-state index in [0.717, 1.165) is 39.0 Å². The van der Waals surface area contributed by atoms with E-state index in [1.54, 1.807) is 0 Å². The lowest BCUT2D eigenvalue weighted by Gasteiger charge is -2.20. The summed E-state index contributed by atoms with van der Waals surface area (Å²) in [5.41, 5.74) is 5.66. The first-order valence-electron chi connectivity index (χ1n) is 8.55. The van der Waals surface area contributed by atoms with E-state index in [1.807, 2.05) is 0 Å². The quantitative estimate of drug-likeness (QED) is 0.883. The van der Waals surface area contributed by atoms with Crippen molar-refractivity contribution < 1.29 is 9.31 Å². The predicted molar refractivity (Wildman–Crippen MR) is 93.7 cm³/mol. The summed E-state index contributed by atoms with van der Waals surface area (Å²) in [6, 6.07) is 17.6. The highest BCUT2D eigenvalue weighted by Gasteiger charge is 2.30. The molecule has 0 saturated carbocycles. The van der Waals surface area contributed by atoms with Crippen LogP contribution >= 0.6 is 0 Å². The van der Waals surface area contributed by atoms with Gasteiger partial charge in [0.1, 0.15) is 0 Å². The molecule has 0 spiro atoms. The molecule has 0 aromatic heterocycles. The Morgan fingerprint density at radius 3 is 2.04 bits per heavy atom. The zero-order valence-electron chi connectivity index (χ0n) is 13.3. The van der Waals surface area contributed by atoms with Gasteiger partial charge in [0, 0.05) is 32.2 Å². The third kappa shape index (κ3) is 3.07. The molecule has 23 heavy (non-hydrogen) atoms. The maximum absolute atomic E-state index is 5.83. The van der Waals surface area contributed by atoms with Gasteiger partial charge >= 0.3 is 7.12 Å². The summed E-state index contributed by atoms with van der Waals surface area (Å²) in [6.45, 7) is 3.27. The van der Waals surface area contributed by atoms with Gasteiger partial charge in [-0.25, -0.2) is 0 Å². The molecule has 0 amide bonds. The molecular weight excluding hydrogens is 285 g/mol. The molecule has 0 radical (unpaired) electrons. The summed E-state index contributed by atoms with van der Waals surface area (Å²) in [4.78, 5) is 0. The summed E-state index contributed by atoms with van der Waals surface area (Å²) < 4.78 is 11.7. The van der Waals surface area contributed by atoms with E-state index in [4.69, 9.17) is 9.31 Å². The second-order valence-corrected chi connectivity index (χ2v) is 6.23. The fraction of sp³-hybridized carbons (Fsp3) is 0.368. The molecule has 1 heterocycles. The van der Waals surface area contributed by atoms with Crippen molar-refractivity contribution in [3.8, 4) is 11.1 Å². The number of fused-ring (bicyclic) bond motifs is 3. The molecule has 0 bridgehead atoms. The van der Waals surface area contributed by atoms with Gasteiger partial charge in [-0.05, 0) is 35.0 Å². The molecule has 2 aromatic carbocycles. The Labute approximate surface area is 138 Å². The monoisotopic (exact) mass is 307 g/mol. The number of hydrogen-bond donors (Lipinski definition) is 1. The van der Waals surface area contributed by atoms with Crippen molar-refractivity contribution in [3.63, 3.8) is 0 Å². The van der Waals surface area contributed by atoms with E-state index in [-0.39, 0.29) is 7.12 Å². The Morgan fingerprint density at radius 2 is 1.43 bits per heavy atom. The molecular formula is C19H22BNO2. The highest BCUT2D eigenvalue weighted by Crippen LogP contribution is 2.46. The second-order valence-electron chi connectivity index (χ2n) is 6.23. The predicted octanol–water partition coefficient (Wildman–Crippen LogP) is 3.31. The first kappa shape index (κ1) is 14.9. The van der Waals surface area contributed by atoms with Crippen LogP contribution in [0.15, 0.2) is 48.5 Å². The number of benzene rings is 2. The van der Waals surface area contributed by atoms with Crippen LogP contribution in [-0.2, 0) is 9.31 Å². The third-order valence-electron chi connectivity index (χ3n) is 4.82. The Balaban J connectivity index is 1.52. The van der Waals surface area contributed by atoms with Gasteiger partial charge in [-0.3, -0.25) is 0 Å². The minimum atomic E-state index is -0.0722. The molecule has 4 heteroatoms. The average molecular weight is 307 g/mol. The highest BCUT2D eigenvalue weighted by molar-refractivity contribution is 6.44. The van der Waals surface area contributed by atoms with Crippen molar-refractivity contribution in [2.75, 3.05) is 26.3 Å². The van der Waals surface area contributed by atoms with Gasteiger partial charge in [-0.1, -0.05) is 48.5 Å². The van der Waals surface area contributed by atoms with Crippen LogP contribution < -0.4 is 5.32 Å². The lowest BCUT2D eigenvalue weighted by molar-refractivity contribution is 0.176. The number of hydrogen-bond acceptors (Lipinski definition) is 3. The topological polar surface area (TPSA) is 30.5 Å². The molecule has 118 valence electrons. The zero-order valence-corrected chi connectivity index (χ0v) is 13.3. The summed E-state index contributed by atoms with van der Waals surface area (Å²) in [5.74, 6) is 0.457. The smallest absolute Gasteiger partial charge is 0.410 e. The van der Waals surface area contributed by atoms with E-state index in [2.05, 4.69) is 53.8 Å². The molecule has 2 aliphatic rings. The van der Waals surface area contributed by atoms with Crippen LogP contribution in [-0.4, -0.2) is 33.4 Å². The van der Waals surface area contributed by atoms with Crippen LogP contribution in [0.25, 0.3) is 11.1 Å². The van der Waals surface area contributed by atoms with Gasteiger partial charge in [0.2, 0.25) is 0 Å². The van der Waals surface area contributed by atoms with Gasteiger partial charge in [0.25, 0.3) is 0 Å². The van der Waals surface area contributed by atoms with Crippen molar-refractivity contribution in [3.05, 3.63) is 59.7 Å². The molecule has 1 N–H and O–H groups in total. The van der Waals surface area contributed by atoms with Gasteiger partial charge in [0.15, 0.2) is 0 Å². The van der Waals surface area contributed by atoms with Gasteiger partial charge in [0.05, 0.1) is 0 Å². The lowest BCUT2D eigenvalue weighted by Crippen LogP contribution is -2.35. The fourth-order valence-corrected chi connectivity index (χ4v) is 3.74. The second kappa shape index (κ2) is 6.87. The van der Waals surface area contributed by atoms with E-state index in [0.29, 0.717) is 5.92 Å². The van der Waals surface area contributed by atoms with Crippen molar-refractivity contribution in [1.82, 2.24) is 5.32 Å². The fourth-order valence-electron chi connectivity index (χ4n) is 3.74. The summed E-state index contributed by atoms with van der Waals surface area (Å²) >= 11 is 0. The van der Waals surface area contributed by atoms with Crippen LogP contribution in [0.4, 0.5) is 0 Å². The SMILES string of the molecule is c1ccc2c(c1)-c1ccccc1C2CCB1OCCNCCO1. The minimum Gasteiger partial charge on any atom is -0.410 e. The van der Waals surface area contributed by atoms with E-state index in [9.17, 15) is 0 Å². The van der Waals surface area contributed by atoms with Gasteiger partial charge in [-0.2, -0.15) is 0 Å². The molecule has 1 aliphatic carbocycles. The van der Waals surface area contributed by atoms with E-state index < -0.39 is 0 Å². The molecule has 2 aromatic rings. The zero-order chi connectivity index (χ0) is 15.5. The molecule has 0 unspecified atom stereocenters. The van der Waals surface area contributed by atoms with Crippen molar-refractivity contribution in [2.45, 2.75) is 18.7 Å². The van der Waals surface area contributed by atoms with Crippen LogP contribution in [0, 0.1) is 0 Å². The van der Waals surface area contributed by atoms with Gasteiger partial charge in [-0.15, -0.1) is 0 Å². The van der Waals surface area contributed by atoms with Crippen LogP contribution in [0.2, 0.25) is 6.32 Å². The molecule has 4 rings (SSSR count). The van der Waals surface area contributed by atoms with Crippen LogP contribution in [0.3, 0.4) is 0 Å². The van der Waals surface area contributed by atoms with E-state index >= 15 is 0 Å². The Hall–Kier alpha value is -1.62. The average Bonchev–Trinajstić information content (AvgIpc) is 2.88. The third-order valence-corrected chi connectivity index (χ3v) is 4.82. The molecule has 1 saturated heterocycles. The summed E-state index contributed by atoms with van der Waals surface area (Å²) in [6.07, 6.45) is 2.00. The standard InChI is InChI=1S/C19H22BNO2/c1-3-7-17-15(5-1)16-6-2-4-8-18(16)19(17)9-10-20-22-13-11-21-12-14-23-20/h1-8,19,21H,9-14H2. The largest absolute Gasteiger partial charge is 0.456 e. The number of nitrogens with one attached hydrogen (secondary N) is 1. The van der Waals surface area contributed by atoms with Crippen molar-refractivity contribution in [1.29, 1.82) is 0 Å². The minimum absolute atomic E-state index is 0.0722.